The maximum absolute atomic E-state index is 12.6. The number of halogens is 2. The molecule has 27 heavy (non-hydrogen) atoms. The second-order valence-corrected chi connectivity index (χ2v) is 6.90. The topological polar surface area (TPSA) is 67.9 Å². The third kappa shape index (κ3) is 4.12. The van der Waals surface area contributed by atoms with Gasteiger partial charge in [-0.2, -0.15) is 0 Å². The van der Waals surface area contributed by atoms with Crippen LogP contribution in [0.2, 0.25) is 10.0 Å². The van der Waals surface area contributed by atoms with Crippen molar-refractivity contribution < 1.29 is 19.1 Å². The molecule has 6 nitrogen and oxygen atoms in total. The van der Waals surface area contributed by atoms with Crippen LogP contribution in [0.1, 0.15) is 6.42 Å². The lowest BCUT2D eigenvalue weighted by molar-refractivity contribution is -0.122. The maximum atomic E-state index is 12.6. The van der Waals surface area contributed by atoms with Gasteiger partial charge >= 0.3 is 0 Å². The van der Waals surface area contributed by atoms with Crippen LogP contribution in [0.5, 0.6) is 11.5 Å². The lowest BCUT2D eigenvalue weighted by Crippen LogP contribution is -2.28. The van der Waals surface area contributed by atoms with Gasteiger partial charge in [-0.05, 0) is 30.3 Å². The molecule has 8 heteroatoms. The molecule has 2 aromatic rings. The van der Waals surface area contributed by atoms with E-state index in [0.29, 0.717) is 32.9 Å². The number of nitrogens with one attached hydrogen (secondary N) is 1. The fourth-order valence-corrected chi connectivity index (χ4v) is 3.41. The monoisotopic (exact) mass is 408 g/mol. The zero-order valence-electron chi connectivity index (χ0n) is 14.8. The maximum Gasteiger partial charge on any atom is 0.229 e. The van der Waals surface area contributed by atoms with E-state index in [-0.39, 0.29) is 24.8 Å². The summed E-state index contributed by atoms with van der Waals surface area (Å²) in [7, 11) is 3.07. The minimum atomic E-state index is -0.504. The molecule has 0 bridgehead atoms. The molecule has 1 fully saturated rings. The molecule has 1 heterocycles. The zero-order chi connectivity index (χ0) is 19.6. The Balaban J connectivity index is 1.76. The lowest BCUT2D eigenvalue weighted by Gasteiger charge is -2.20. The Morgan fingerprint density at radius 3 is 2.59 bits per heavy atom. The summed E-state index contributed by atoms with van der Waals surface area (Å²) in [5, 5.41) is 3.58. The van der Waals surface area contributed by atoms with Crippen molar-refractivity contribution in [2.45, 2.75) is 6.42 Å². The molecule has 0 aliphatic carbocycles. The first-order valence-corrected chi connectivity index (χ1v) is 8.97. The van der Waals surface area contributed by atoms with Gasteiger partial charge in [0.05, 0.1) is 36.5 Å². The standard InChI is InChI=1S/C19H18Cl2N2O4/c1-26-13-4-6-16(17(9-13)27-2)23-10-11(7-18(23)24)19(25)22-15-5-3-12(20)8-14(15)21/h3-6,8-9,11H,7,10H2,1-2H3,(H,22,25)/t11-/m1/s1. The normalized spacial score (nSPS) is 16.4. The third-order valence-corrected chi connectivity index (χ3v) is 4.91. The van der Waals surface area contributed by atoms with Crippen LogP contribution in [0.3, 0.4) is 0 Å². The number of anilines is 2. The number of methoxy groups -OCH3 is 2. The number of carbonyl (C=O) groups excluding carboxylic acids is 2. The Kier molecular flexibility index (Phi) is 5.77. The van der Waals surface area contributed by atoms with Crippen LogP contribution in [0.4, 0.5) is 11.4 Å². The Hall–Kier alpha value is -2.44. The summed E-state index contributed by atoms with van der Waals surface area (Å²) in [6, 6.07) is 10.00. The molecule has 0 aromatic heterocycles. The summed E-state index contributed by atoms with van der Waals surface area (Å²) >= 11 is 12.0. The van der Waals surface area contributed by atoms with Crippen molar-refractivity contribution >= 4 is 46.4 Å². The molecule has 2 aromatic carbocycles. The molecule has 2 amide bonds. The minimum absolute atomic E-state index is 0.103. The fraction of sp³-hybridized carbons (Fsp3) is 0.263. The van der Waals surface area contributed by atoms with Crippen molar-refractivity contribution in [3.05, 3.63) is 46.4 Å². The molecule has 1 aliphatic rings. The number of benzene rings is 2. The molecule has 0 unspecified atom stereocenters. The van der Waals surface area contributed by atoms with Gasteiger partial charge in [0.25, 0.3) is 0 Å². The van der Waals surface area contributed by atoms with Gasteiger partial charge in [0.1, 0.15) is 11.5 Å². The highest BCUT2D eigenvalue weighted by molar-refractivity contribution is 6.36. The summed E-state index contributed by atoms with van der Waals surface area (Å²) in [5.41, 5.74) is 1.06. The van der Waals surface area contributed by atoms with E-state index in [4.69, 9.17) is 32.7 Å². The quantitative estimate of drug-likeness (QED) is 0.811. The summed E-state index contributed by atoms with van der Waals surface area (Å²) in [6.45, 7) is 0.249. The van der Waals surface area contributed by atoms with Crippen LogP contribution in [-0.4, -0.2) is 32.6 Å². The van der Waals surface area contributed by atoms with E-state index in [1.807, 2.05) is 0 Å². The molecule has 3 rings (SSSR count). The molecule has 1 aliphatic heterocycles. The van der Waals surface area contributed by atoms with Gasteiger partial charge in [0.2, 0.25) is 11.8 Å². The molecule has 0 radical (unpaired) electrons. The van der Waals surface area contributed by atoms with Gasteiger partial charge in [-0.3, -0.25) is 9.59 Å². The molecular weight excluding hydrogens is 391 g/mol. The highest BCUT2D eigenvalue weighted by Gasteiger charge is 2.36. The van der Waals surface area contributed by atoms with Crippen molar-refractivity contribution in [2.24, 2.45) is 5.92 Å². The van der Waals surface area contributed by atoms with Gasteiger partial charge < -0.3 is 19.7 Å². The van der Waals surface area contributed by atoms with Gasteiger partial charge in [-0.25, -0.2) is 0 Å². The molecule has 0 spiro atoms. The fourth-order valence-electron chi connectivity index (χ4n) is 2.95. The van der Waals surface area contributed by atoms with Crippen molar-refractivity contribution in [1.29, 1.82) is 0 Å². The molecule has 1 saturated heterocycles. The average Bonchev–Trinajstić information content (AvgIpc) is 3.05. The van der Waals surface area contributed by atoms with Gasteiger partial charge in [-0.1, -0.05) is 23.2 Å². The van der Waals surface area contributed by atoms with Crippen LogP contribution in [0, 0.1) is 5.92 Å². The Bertz CT molecular complexity index is 888. The number of carbonyl (C=O) groups is 2. The highest BCUT2D eigenvalue weighted by Crippen LogP contribution is 2.36. The lowest BCUT2D eigenvalue weighted by atomic mass is 10.1. The molecule has 1 atom stereocenters. The van der Waals surface area contributed by atoms with Crippen LogP contribution >= 0.6 is 23.2 Å². The highest BCUT2D eigenvalue weighted by atomic mass is 35.5. The van der Waals surface area contributed by atoms with Gasteiger partial charge in [-0.15, -0.1) is 0 Å². The number of hydrogen-bond donors (Lipinski definition) is 1. The Morgan fingerprint density at radius 2 is 1.93 bits per heavy atom. The van der Waals surface area contributed by atoms with Crippen molar-refractivity contribution in [3.8, 4) is 11.5 Å². The average molecular weight is 409 g/mol. The summed E-state index contributed by atoms with van der Waals surface area (Å²) in [4.78, 5) is 26.6. The molecule has 0 saturated carbocycles. The largest absolute Gasteiger partial charge is 0.497 e. The van der Waals surface area contributed by atoms with Gasteiger partial charge in [0.15, 0.2) is 0 Å². The van der Waals surface area contributed by atoms with E-state index < -0.39 is 5.92 Å². The first kappa shape index (κ1) is 19.3. The molecule has 1 N–H and O–H groups in total. The van der Waals surface area contributed by atoms with E-state index in [1.165, 1.54) is 7.11 Å². The van der Waals surface area contributed by atoms with Crippen LogP contribution in [0.15, 0.2) is 36.4 Å². The summed E-state index contributed by atoms with van der Waals surface area (Å²) < 4.78 is 10.5. The van der Waals surface area contributed by atoms with E-state index in [9.17, 15) is 9.59 Å². The summed E-state index contributed by atoms with van der Waals surface area (Å²) in [5.74, 6) is 0.192. The van der Waals surface area contributed by atoms with Crippen molar-refractivity contribution in [2.75, 3.05) is 31.0 Å². The predicted octanol–water partition coefficient (Wildman–Crippen LogP) is 4.00. The number of amides is 2. The number of ether oxygens (including phenoxy) is 2. The third-order valence-electron chi connectivity index (χ3n) is 4.36. The summed E-state index contributed by atoms with van der Waals surface area (Å²) in [6.07, 6.45) is 0.103. The van der Waals surface area contributed by atoms with E-state index >= 15 is 0 Å². The predicted molar refractivity (Wildman–Crippen MR) is 105 cm³/mol. The molecule has 142 valence electrons. The van der Waals surface area contributed by atoms with Gasteiger partial charge in [0, 0.05) is 24.1 Å². The SMILES string of the molecule is COc1ccc(N2C[C@H](C(=O)Nc3ccc(Cl)cc3Cl)CC2=O)c(OC)c1. The van der Waals surface area contributed by atoms with E-state index in [0.717, 1.165) is 0 Å². The van der Waals surface area contributed by atoms with E-state index in [2.05, 4.69) is 5.32 Å². The number of rotatable bonds is 5. The van der Waals surface area contributed by atoms with E-state index in [1.54, 1.807) is 48.4 Å². The second-order valence-electron chi connectivity index (χ2n) is 6.06. The minimum Gasteiger partial charge on any atom is -0.497 e. The smallest absolute Gasteiger partial charge is 0.229 e. The number of hydrogen-bond acceptors (Lipinski definition) is 4. The van der Waals surface area contributed by atoms with Crippen LogP contribution in [-0.2, 0) is 9.59 Å². The zero-order valence-corrected chi connectivity index (χ0v) is 16.3. The second kappa shape index (κ2) is 8.06. The first-order chi connectivity index (χ1) is 12.9. The first-order valence-electron chi connectivity index (χ1n) is 8.21. The van der Waals surface area contributed by atoms with Crippen molar-refractivity contribution in [1.82, 2.24) is 0 Å². The van der Waals surface area contributed by atoms with Crippen molar-refractivity contribution in [3.63, 3.8) is 0 Å². The Labute approximate surface area is 167 Å². The molecular formula is C19H18Cl2N2O4. The van der Waals surface area contributed by atoms with Crippen LogP contribution < -0.4 is 19.7 Å². The number of nitrogens with zero attached hydrogens (tertiary/aromatic N) is 1. The Morgan fingerprint density at radius 1 is 1.15 bits per heavy atom. The van der Waals surface area contributed by atoms with Crippen LogP contribution in [0.25, 0.3) is 0 Å².